The molecule has 0 atom stereocenters. The number of hydrogen-bond donors (Lipinski definition) is 0. The summed E-state index contributed by atoms with van der Waals surface area (Å²) in [4.78, 5) is 26.2. The van der Waals surface area contributed by atoms with Gasteiger partial charge in [0, 0.05) is 6.54 Å². The number of amides is 2. The van der Waals surface area contributed by atoms with Crippen LogP contribution in [0.5, 0.6) is 5.75 Å². The smallest absolute Gasteiger partial charge is 0.261 e. The van der Waals surface area contributed by atoms with Gasteiger partial charge in [0.15, 0.2) is 0 Å². The van der Waals surface area contributed by atoms with Crippen molar-refractivity contribution in [1.29, 1.82) is 0 Å². The summed E-state index contributed by atoms with van der Waals surface area (Å²) in [6.45, 7) is 9.01. The number of carbonyl (C=O) groups excluding carboxylic acids is 2. The van der Waals surface area contributed by atoms with Gasteiger partial charge in [-0.15, -0.1) is 0 Å². The van der Waals surface area contributed by atoms with Crippen molar-refractivity contribution in [2.24, 2.45) is 0 Å². The highest BCUT2D eigenvalue weighted by Crippen LogP contribution is 2.34. The van der Waals surface area contributed by atoms with Gasteiger partial charge in [0.1, 0.15) is 5.75 Å². The number of ether oxygens (including phenoxy) is 1. The molecule has 5 heteroatoms. The number of fused-ring (bicyclic) bond motifs is 1. The van der Waals surface area contributed by atoms with Crippen LogP contribution >= 0.6 is 15.9 Å². The number of rotatable bonds is 6. The Balaban J connectivity index is 0.000000941. The molecule has 2 aromatic rings. The third-order valence-corrected chi connectivity index (χ3v) is 5.65. The minimum absolute atomic E-state index is 0.0906. The highest BCUT2D eigenvalue weighted by atomic mass is 79.9. The molecule has 0 radical (unpaired) electrons. The number of halogens is 1. The molecule has 1 aliphatic heterocycles. The SMILES string of the molecule is CCC.COc1cc(C(C)(C)CCCN2C(=O)c3ccccc3C2=O)ccc1Br. The van der Waals surface area contributed by atoms with Gasteiger partial charge in [-0.05, 0) is 64.0 Å². The van der Waals surface area contributed by atoms with Crippen LogP contribution in [0.1, 0.15) is 73.2 Å². The first-order valence-electron chi connectivity index (χ1n) is 10.1. The fourth-order valence-electron chi connectivity index (χ4n) is 3.35. The highest BCUT2D eigenvalue weighted by Gasteiger charge is 2.35. The molecule has 1 aliphatic rings. The zero-order valence-electron chi connectivity index (χ0n) is 17.9. The fourth-order valence-corrected chi connectivity index (χ4v) is 3.75. The fraction of sp³-hybridized carbons (Fsp3) is 0.417. The predicted octanol–water partition coefficient (Wildman–Crippen LogP) is 6.23. The minimum Gasteiger partial charge on any atom is -0.496 e. The normalized spacial score (nSPS) is 13.1. The predicted molar refractivity (Wildman–Crippen MR) is 121 cm³/mol. The van der Waals surface area contributed by atoms with Crippen LogP contribution in [0.4, 0.5) is 0 Å². The Labute approximate surface area is 182 Å². The van der Waals surface area contributed by atoms with Crippen molar-refractivity contribution in [2.75, 3.05) is 13.7 Å². The van der Waals surface area contributed by atoms with E-state index in [0.717, 1.165) is 23.1 Å². The van der Waals surface area contributed by atoms with Crippen LogP contribution < -0.4 is 4.74 Å². The number of methoxy groups -OCH3 is 1. The summed E-state index contributed by atoms with van der Waals surface area (Å²) < 4.78 is 6.31. The van der Waals surface area contributed by atoms with Crippen molar-refractivity contribution in [3.8, 4) is 5.75 Å². The molecule has 0 fully saturated rings. The second-order valence-electron chi connectivity index (χ2n) is 7.85. The number of nitrogens with zero attached hydrogens (tertiary/aromatic N) is 1. The molecule has 0 aliphatic carbocycles. The molecule has 0 N–H and O–H groups in total. The van der Waals surface area contributed by atoms with Crippen LogP contribution in [0, 0.1) is 0 Å². The van der Waals surface area contributed by atoms with Crippen LogP contribution in [0.2, 0.25) is 0 Å². The topological polar surface area (TPSA) is 46.6 Å². The van der Waals surface area contributed by atoms with E-state index in [9.17, 15) is 9.59 Å². The standard InChI is InChI=1S/C21H22BrNO3.C3H8/c1-21(2,14-9-10-17(22)18(13-14)26-3)11-6-12-23-19(24)15-7-4-5-8-16(15)20(23)25;1-3-2/h4-5,7-10,13H,6,11-12H2,1-3H3;3H2,1-2H3. The van der Waals surface area contributed by atoms with E-state index in [-0.39, 0.29) is 17.2 Å². The molecule has 0 spiro atoms. The Morgan fingerprint density at radius 2 is 1.55 bits per heavy atom. The quantitative estimate of drug-likeness (QED) is 0.481. The Kier molecular flexibility index (Phi) is 8.03. The number of imide groups is 1. The molecule has 2 amide bonds. The average Bonchev–Trinajstić information content (AvgIpc) is 2.94. The maximum Gasteiger partial charge on any atom is 0.261 e. The zero-order valence-corrected chi connectivity index (χ0v) is 19.5. The van der Waals surface area contributed by atoms with E-state index in [1.165, 1.54) is 16.9 Å². The Bertz CT molecular complexity index is 841. The molecule has 3 rings (SSSR count). The summed E-state index contributed by atoms with van der Waals surface area (Å²) in [7, 11) is 1.65. The van der Waals surface area contributed by atoms with Gasteiger partial charge in [-0.3, -0.25) is 14.5 Å². The summed E-state index contributed by atoms with van der Waals surface area (Å²) in [5.41, 5.74) is 2.09. The van der Waals surface area contributed by atoms with E-state index in [2.05, 4.69) is 49.7 Å². The lowest BCUT2D eigenvalue weighted by atomic mass is 9.80. The van der Waals surface area contributed by atoms with Crippen molar-refractivity contribution in [3.05, 3.63) is 63.6 Å². The molecule has 4 nitrogen and oxygen atoms in total. The monoisotopic (exact) mass is 459 g/mol. The summed E-state index contributed by atoms with van der Waals surface area (Å²) in [6, 6.07) is 13.1. The first-order chi connectivity index (χ1) is 13.8. The van der Waals surface area contributed by atoms with Crippen LogP contribution in [0.25, 0.3) is 0 Å². The molecule has 0 saturated heterocycles. The number of benzene rings is 2. The maximum atomic E-state index is 12.4. The van der Waals surface area contributed by atoms with Gasteiger partial charge in [0.05, 0.1) is 22.7 Å². The molecule has 156 valence electrons. The van der Waals surface area contributed by atoms with Crippen molar-refractivity contribution >= 4 is 27.7 Å². The zero-order chi connectivity index (χ0) is 21.6. The van der Waals surface area contributed by atoms with E-state index < -0.39 is 0 Å². The maximum absolute atomic E-state index is 12.4. The van der Waals surface area contributed by atoms with Crippen LogP contribution in [0.3, 0.4) is 0 Å². The lowest BCUT2D eigenvalue weighted by Crippen LogP contribution is -2.31. The molecule has 1 heterocycles. The van der Waals surface area contributed by atoms with Crippen LogP contribution in [0.15, 0.2) is 46.9 Å². The van der Waals surface area contributed by atoms with Gasteiger partial charge in [0.25, 0.3) is 11.8 Å². The van der Waals surface area contributed by atoms with Gasteiger partial charge in [-0.1, -0.05) is 52.3 Å². The molecule has 0 aromatic heterocycles. The third kappa shape index (κ3) is 5.27. The first-order valence-corrected chi connectivity index (χ1v) is 10.8. The second-order valence-corrected chi connectivity index (χ2v) is 8.71. The van der Waals surface area contributed by atoms with Gasteiger partial charge in [-0.2, -0.15) is 0 Å². The summed E-state index contributed by atoms with van der Waals surface area (Å²) in [5.74, 6) is 0.429. The van der Waals surface area contributed by atoms with Crippen molar-refractivity contribution < 1.29 is 14.3 Å². The molecular formula is C24H30BrNO3. The molecular weight excluding hydrogens is 430 g/mol. The van der Waals surface area contributed by atoms with Crippen LogP contribution in [-0.2, 0) is 5.41 Å². The van der Waals surface area contributed by atoms with Gasteiger partial charge >= 0.3 is 0 Å². The third-order valence-electron chi connectivity index (χ3n) is 4.99. The Hall–Kier alpha value is -2.14. The van der Waals surface area contributed by atoms with E-state index in [0.29, 0.717) is 17.7 Å². The summed E-state index contributed by atoms with van der Waals surface area (Å²) >= 11 is 3.48. The molecule has 0 bridgehead atoms. The van der Waals surface area contributed by atoms with Crippen molar-refractivity contribution in [1.82, 2.24) is 4.90 Å². The minimum atomic E-state index is -0.186. The van der Waals surface area contributed by atoms with E-state index in [1.54, 1.807) is 31.4 Å². The van der Waals surface area contributed by atoms with E-state index in [1.807, 2.05) is 12.1 Å². The molecule has 0 unspecified atom stereocenters. The Morgan fingerprint density at radius 1 is 1.00 bits per heavy atom. The molecule has 29 heavy (non-hydrogen) atoms. The van der Waals surface area contributed by atoms with E-state index in [4.69, 9.17) is 4.74 Å². The molecule has 0 saturated carbocycles. The number of hydrogen-bond acceptors (Lipinski definition) is 3. The average molecular weight is 460 g/mol. The lowest BCUT2D eigenvalue weighted by molar-refractivity contribution is 0.0649. The van der Waals surface area contributed by atoms with Gasteiger partial charge in [0.2, 0.25) is 0 Å². The Morgan fingerprint density at radius 3 is 2.07 bits per heavy atom. The largest absolute Gasteiger partial charge is 0.496 e. The first kappa shape index (κ1) is 23.1. The highest BCUT2D eigenvalue weighted by molar-refractivity contribution is 9.10. The number of carbonyl (C=O) groups is 2. The second kappa shape index (κ2) is 10.1. The van der Waals surface area contributed by atoms with Gasteiger partial charge in [-0.25, -0.2) is 0 Å². The summed E-state index contributed by atoms with van der Waals surface area (Å²) in [6.07, 6.45) is 2.85. The van der Waals surface area contributed by atoms with Crippen molar-refractivity contribution in [3.63, 3.8) is 0 Å². The molecule has 2 aromatic carbocycles. The van der Waals surface area contributed by atoms with Gasteiger partial charge < -0.3 is 4.74 Å². The lowest BCUT2D eigenvalue weighted by Gasteiger charge is -2.27. The van der Waals surface area contributed by atoms with E-state index >= 15 is 0 Å². The van der Waals surface area contributed by atoms with Crippen LogP contribution in [-0.4, -0.2) is 30.4 Å². The summed E-state index contributed by atoms with van der Waals surface area (Å²) in [5, 5.41) is 0. The van der Waals surface area contributed by atoms with Crippen molar-refractivity contribution in [2.45, 2.75) is 52.4 Å².